The van der Waals surface area contributed by atoms with Crippen LogP contribution in [0.2, 0.25) is 25.7 Å². The van der Waals surface area contributed by atoms with E-state index in [1.807, 2.05) is 10.8 Å². The van der Waals surface area contributed by atoms with Crippen molar-refractivity contribution in [3.05, 3.63) is 24.0 Å². The molecule has 0 aliphatic rings. The standard InChI is InChI=1S/C10H17NO2Si/c1-14(2,3)8-7-11-6-4-5-9(11)10(12)13/h4-6H,7-8H2,1-3H3,(H,12,13). The third-order valence-corrected chi connectivity index (χ3v) is 3.87. The summed E-state index contributed by atoms with van der Waals surface area (Å²) in [4.78, 5) is 10.8. The van der Waals surface area contributed by atoms with Crippen LogP contribution in [0.1, 0.15) is 10.5 Å². The summed E-state index contributed by atoms with van der Waals surface area (Å²) >= 11 is 0. The third-order valence-electron chi connectivity index (χ3n) is 2.15. The second-order valence-corrected chi connectivity index (χ2v) is 10.3. The zero-order chi connectivity index (χ0) is 10.8. The number of hydrogen-bond acceptors (Lipinski definition) is 1. The molecule has 0 saturated carbocycles. The lowest BCUT2D eigenvalue weighted by molar-refractivity contribution is 0.0685. The molecule has 1 rings (SSSR count). The molecule has 0 amide bonds. The van der Waals surface area contributed by atoms with E-state index in [0.717, 1.165) is 12.6 Å². The fraction of sp³-hybridized carbons (Fsp3) is 0.500. The molecule has 0 saturated heterocycles. The molecule has 0 aliphatic heterocycles. The van der Waals surface area contributed by atoms with Gasteiger partial charge in [0.1, 0.15) is 5.69 Å². The van der Waals surface area contributed by atoms with E-state index in [1.54, 1.807) is 12.1 Å². The maximum Gasteiger partial charge on any atom is 0.352 e. The van der Waals surface area contributed by atoms with Crippen molar-refractivity contribution < 1.29 is 9.90 Å². The molecule has 78 valence electrons. The molecule has 4 heteroatoms. The summed E-state index contributed by atoms with van der Waals surface area (Å²) in [5.41, 5.74) is 0.392. The molecule has 0 fully saturated rings. The number of hydrogen-bond donors (Lipinski definition) is 1. The Morgan fingerprint density at radius 3 is 2.64 bits per heavy atom. The van der Waals surface area contributed by atoms with E-state index in [4.69, 9.17) is 5.11 Å². The third kappa shape index (κ3) is 3.03. The molecule has 3 nitrogen and oxygen atoms in total. The molecule has 1 aromatic rings. The van der Waals surface area contributed by atoms with Crippen molar-refractivity contribution in [2.24, 2.45) is 0 Å². The minimum atomic E-state index is -1.08. The minimum absolute atomic E-state index is 0.392. The van der Waals surface area contributed by atoms with E-state index in [1.165, 1.54) is 0 Å². The molecule has 0 bridgehead atoms. The van der Waals surface area contributed by atoms with E-state index in [9.17, 15) is 4.79 Å². The molecule has 14 heavy (non-hydrogen) atoms. The van der Waals surface area contributed by atoms with Gasteiger partial charge in [-0.25, -0.2) is 4.79 Å². The number of carboxylic acid groups (broad SMARTS) is 1. The van der Waals surface area contributed by atoms with Gasteiger partial charge in [-0.2, -0.15) is 0 Å². The zero-order valence-corrected chi connectivity index (χ0v) is 9.95. The van der Waals surface area contributed by atoms with E-state index >= 15 is 0 Å². The van der Waals surface area contributed by atoms with Crippen LogP contribution in [0.3, 0.4) is 0 Å². The average Bonchev–Trinajstić information content (AvgIpc) is 2.46. The summed E-state index contributed by atoms with van der Waals surface area (Å²) in [7, 11) is -1.08. The fourth-order valence-electron chi connectivity index (χ4n) is 1.26. The number of aromatic carboxylic acids is 1. The Kier molecular flexibility index (Phi) is 3.16. The predicted molar refractivity (Wildman–Crippen MR) is 59.5 cm³/mol. The van der Waals surface area contributed by atoms with Crippen LogP contribution in [0.4, 0.5) is 0 Å². The molecule has 0 atom stereocenters. The molecular weight excluding hydrogens is 194 g/mol. The molecular formula is C10H17NO2Si. The second kappa shape index (κ2) is 4.00. The monoisotopic (exact) mass is 211 g/mol. The van der Waals surface area contributed by atoms with Crippen LogP contribution in [0.15, 0.2) is 18.3 Å². The molecule has 0 unspecified atom stereocenters. The summed E-state index contributed by atoms with van der Waals surface area (Å²) in [5.74, 6) is -0.842. The molecule has 1 aromatic heterocycles. The van der Waals surface area contributed by atoms with E-state index in [0.29, 0.717) is 5.69 Å². The first-order chi connectivity index (χ1) is 6.40. The van der Waals surface area contributed by atoms with Crippen LogP contribution in [-0.2, 0) is 6.54 Å². The van der Waals surface area contributed by atoms with Crippen LogP contribution >= 0.6 is 0 Å². The Bertz CT molecular complexity index is 325. The van der Waals surface area contributed by atoms with Crippen LogP contribution < -0.4 is 0 Å². The summed E-state index contributed by atoms with van der Waals surface area (Å²) in [5, 5.41) is 8.87. The first-order valence-electron chi connectivity index (χ1n) is 4.78. The van der Waals surface area contributed by atoms with Crippen LogP contribution in [0.25, 0.3) is 0 Å². The molecule has 0 aliphatic carbocycles. The highest BCUT2D eigenvalue weighted by molar-refractivity contribution is 6.76. The normalized spacial score (nSPS) is 11.6. The molecule has 1 heterocycles. The number of carbonyl (C=O) groups is 1. The minimum Gasteiger partial charge on any atom is -0.477 e. The number of rotatable bonds is 4. The van der Waals surface area contributed by atoms with Crippen molar-refractivity contribution in [1.82, 2.24) is 4.57 Å². The van der Waals surface area contributed by atoms with Gasteiger partial charge in [-0.15, -0.1) is 0 Å². The van der Waals surface area contributed by atoms with Crippen molar-refractivity contribution in [2.75, 3.05) is 0 Å². The van der Waals surface area contributed by atoms with Crippen LogP contribution in [0.5, 0.6) is 0 Å². The van der Waals surface area contributed by atoms with Crippen LogP contribution in [-0.4, -0.2) is 23.7 Å². The lowest BCUT2D eigenvalue weighted by atomic mass is 10.4. The number of carboxylic acids is 1. The Morgan fingerprint density at radius 2 is 2.14 bits per heavy atom. The highest BCUT2D eigenvalue weighted by Gasteiger charge is 2.14. The predicted octanol–water partition coefficient (Wildman–Crippen LogP) is 2.52. The van der Waals surface area contributed by atoms with Gasteiger partial charge in [-0.3, -0.25) is 0 Å². The highest BCUT2D eigenvalue weighted by Crippen LogP contribution is 2.12. The zero-order valence-electron chi connectivity index (χ0n) is 8.95. The van der Waals surface area contributed by atoms with Gasteiger partial charge >= 0.3 is 5.97 Å². The van der Waals surface area contributed by atoms with E-state index in [-0.39, 0.29) is 0 Å². The van der Waals surface area contributed by atoms with Gasteiger partial charge in [-0.05, 0) is 18.2 Å². The average molecular weight is 211 g/mol. The maximum atomic E-state index is 10.8. The summed E-state index contributed by atoms with van der Waals surface area (Å²) < 4.78 is 1.82. The van der Waals surface area contributed by atoms with Gasteiger partial charge < -0.3 is 9.67 Å². The Hall–Kier alpha value is -1.03. The van der Waals surface area contributed by atoms with Crippen molar-refractivity contribution in [1.29, 1.82) is 0 Å². The van der Waals surface area contributed by atoms with Crippen molar-refractivity contribution in [3.63, 3.8) is 0 Å². The van der Waals surface area contributed by atoms with Gasteiger partial charge in [0.15, 0.2) is 0 Å². The summed E-state index contributed by atoms with van der Waals surface area (Å²) in [6.07, 6.45) is 1.84. The Balaban J connectivity index is 2.68. The molecule has 0 radical (unpaired) electrons. The smallest absolute Gasteiger partial charge is 0.352 e. The van der Waals surface area contributed by atoms with E-state index < -0.39 is 14.0 Å². The molecule has 1 N–H and O–H groups in total. The maximum absolute atomic E-state index is 10.8. The SMILES string of the molecule is C[Si](C)(C)CCn1cccc1C(=O)O. The van der Waals surface area contributed by atoms with Gasteiger partial charge in [0.05, 0.1) is 0 Å². The Labute approximate surface area is 85.4 Å². The number of nitrogens with zero attached hydrogens (tertiary/aromatic N) is 1. The number of aromatic nitrogens is 1. The van der Waals surface area contributed by atoms with Gasteiger partial charge in [0, 0.05) is 20.8 Å². The van der Waals surface area contributed by atoms with Gasteiger partial charge in [0.25, 0.3) is 0 Å². The molecule has 0 spiro atoms. The first kappa shape index (κ1) is 11.0. The topological polar surface area (TPSA) is 42.2 Å². The second-order valence-electron chi connectivity index (χ2n) is 4.70. The van der Waals surface area contributed by atoms with Crippen molar-refractivity contribution >= 4 is 14.0 Å². The van der Waals surface area contributed by atoms with Gasteiger partial charge in [-0.1, -0.05) is 19.6 Å². The first-order valence-corrected chi connectivity index (χ1v) is 8.49. The van der Waals surface area contributed by atoms with Crippen molar-refractivity contribution in [3.8, 4) is 0 Å². The fourth-order valence-corrected chi connectivity index (χ4v) is 2.17. The van der Waals surface area contributed by atoms with Crippen LogP contribution in [0, 0.1) is 0 Å². The lowest BCUT2D eigenvalue weighted by Gasteiger charge is -2.16. The lowest BCUT2D eigenvalue weighted by Crippen LogP contribution is -2.22. The molecule has 0 aromatic carbocycles. The highest BCUT2D eigenvalue weighted by atomic mass is 28.3. The summed E-state index contributed by atoms with van der Waals surface area (Å²) in [6, 6.07) is 4.54. The summed E-state index contributed by atoms with van der Waals surface area (Å²) in [6.45, 7) is 7.69. The largest absolute Gasteiger partial charge is 0.477 e. The van der Waals surface area contributed by atoms with Crippen molar-refractivity contribution in [2.45, 2.75) is 32.2 Å². The van der Waals surface area contributed by atoms with Gasteiger partial charge in [0.2, 0.25) is 0 Å². The quantitative estimate of drug-likeness (QED) is 0.778. The number of aryl methyl sites for hydroxylation is 1. The Morgan fingerprint density at radius 1 is 1.50 bits per heavy atom. The van der Waals surface area contributed by atoms with E-state index in [2.05, 4.69) is 19.6 Å².